The molecule has 7 heteroatoms. The molecule has 2 amide bonds. The molecule has 0 aliphatic heterocycles. The molecule has 1 aliphatic carbocycles. The number of hydrogen-bond donors (Lipinski definition) is 3. The van der Waals surface area contributed by atoms with Gasteiger partial charge < -0.3 is 20.5 Å². The first-order valence-electron chi connectivity index (χ1n) is 9.73. The summed E-state index contributed by atoms with van der Waals surface area (Å²) in [5, 5.41) is 13.7. The van der Waals surface area contributed by atoms with Crippen LogP contribution < -0.4 is 10.6 Å². The molecule has 0 spiro atoms. The zero-order chi connectivity index (χ0) is 21.5. The highest BCUT2D eigenvalue weighted by Crippen LogP contribution is 2.44. The van der Waals surface area contributed by atoms with Crippen LogP contribution in [-0.2, 0) is 14.3 Å². The zero-order valence-corrected chi connectivity index (χ0v) is 16.5. The summed E-state index contributed by atoms with van der Waals surface area (Å²) in [7, 11) is 0. The molecular formula is C23H24N2O5. The van der Waals surface area contributed by atoms with Crippen molar-refractivity contribution < 1.29 is 24.2 Å². The first-order chi connectivity index (χ1) is 14.5. The summed E-state index contributed by atoms with van der Waals surface area (Å²) in [6.07, 6.45) is 0.795. The molecule has 0 radical (unpaired) electrons. The van der Waals surface area contributed by atoms with E-state index in [0.717, 1.165) is 22.3 Å². The summed E-state index contributed by atoms with van der Waals surface area (Å²) in [6, 6.07) is 15.1. The van der Waals surface area contributed by atoms with Gasteiger partial charge in [0.25, 0.3) is 0 Å². The summed E-state index contributed by atoms with van der Waals surface area (Å²) in [5.41, 5.74) is 4.45. The molecule has 3 N–H and O–H groups in total. The molecule has 156 valence electrons. The number of benzene rings is 2. The van der Waals surface area contributed by atoms with Gasteiger partial charge in [0.1, 0.15) is 12.6 Å². The van der Waals surface area contributed by atoms with Gasteiger partial charge in [-0.3, -0.25) is 9.59 Å². The Labute approximate surface area is 174 Å². The number of carbonyl (C=O) groups is 3. The fraction of sp³-hybridized carbons (Fsp3) is 0.261. The van der Waals surface area contributed by atoms with E-state index in [2.05, 4.69) is 29.3 Å². The van der Waals surface area contributed by atoms with Crippen molar-refractivity contribution in [1.29, 1.82) is 0 Å². The maximum atomic E-state index is 12.4. The molecule has 0 saturated heterocycles. The number of aliphatic carboxylic acids is 1. The van der Waals surface area contributed by atoms with E-state index < -0.39 is 24.0 Å². The SMILES string of the molecule is C=CCC(NC(=O)OCC1c2ccccc2-c2ccccc21)C(=O)NCCC(=O)O. The fourth-order valence-electron chi connectivity index (χ4n) is 3.60. The van der Waals surface area contributed by atoms with Gasteiger partial charge in [0.2, 0.25) is 5.91 Å². The number of alkyl carbamates (subject to hydrolysis) is 1. The third-order valence-corrected chi connectivity index (χ3v) is 4.99. The van der Waals surface area contributed by atoms with Gasteiger partial charge in [-0.2, -0.15) is 0 Å². The Hall–Kier alpha value is -3.61. The smallest absolute Gasteiger partial charge is 0.407 e. The summed E-state index contributed by atoms with van der Waals surface area (Å²) in [6.45, 7) is 3.71. The Bertz CT molecular complexity index is 911. The molecule has 7 nitrogen and oxygen atoms in total. The zero-order valence-electron chi connectivity index (χ0n) is 16.5. The van der Waals surface area contributed by atoms with Gasteiger partial charge in [0.15, 0.2) is 0 Å². The molecule has 2 aromatic carbocycles. The van der Waals surface area contributed by atoms with E-state index in [0.29, 0.717) is 0 Å². The number of carboxylic acid groups (broad SMARTS) is 1. The van der Waals surface area contributed by atoms with Crippen LogP contribution in [0, 0.1) is 0 Å². The van der Waals surface area contributed by atoms with Crippen LogP contribution in [0.15, 0.2) is 61.2 Å². The molecule has 30 heavy (non-hydrogen) atoms. The molecule has 0 fully saturated rings. The number of nitrogens with one attached hydrogen (secondary N) is 2. The highest BCUT2D eigenvalue weighted by molar-refractivity contribution is 5.86. The summed E-state index contributed by atoms with van der Waals surface area (Å²) in [4.78, 5) is 35.2. The van der Waals surface area contributed by atoms with E-state index in [-0.39, 0.29) is 31.9 Å². The molecule has 1 atom stereocenters. The first-order valence-corrected chi connectivity index (χ1v) is 9.73. The average Bonchev–Trinajstić information content (AvgIpc) is 3.05. The molecule has 3 rings (SSSR count). The van der Waals surface area contributed by atoms with Gasteiger partial charge in [0.05, 0.1) is 6.42 Å². The number of hydrogen-bond acceptors (Lipinski definition) is 4. The number of fused-ring (bicyclic) bond motifs is 3. The molecule has 1 unspecified atom stereocenters. The van der Waals surface area contributed by atoms with Crippen LogP contribution in [0.1, 0.15) is 29.9 Å². The predicted octanol–water partition coefficient (Wildman–Crippen LogP) is 3.06. The first kappa shape index (κ1) is 21.1. The summed E-state index contributed by atoms with van der Waals surface area (Å²) >= 11 is 0. The Kier molecular flexibility index (Phi) is 6.85. The minimum absolute atomic E-state index is 0.0197. The van der Waals surface area contributed by atoms with E-state index in [1.165, 1.54) is 6.08 Å². The van der Waals surface area contributed by atoms with Crippen molar-refractivity contribution in [2.24, 2.45) is 0 Å². The van der Waals surface area contributed by atoms with Crippen molar-refractivity contribution in [3.63, 3.8) is 0 Å². The molecular weight excluding hydrogens is 384 g/mol. The Morgan fingerprint density at radius 1 is 1.07 bits per heavy atom. The number of amides is 2. The van der Waals surface area contributed by atoms with E-state index in [1.54, 1.807) is 0 Å². The van der Waals surface area contributed by atoms with E-state index in [1.807, 2.05) is 36.4 Å². The number of carbonyl (C=O) groups excluding carboxylic acids is 2. The topological polar surface area (TPSA) is 105 Å². The highest BCUT2D eigenvalue weighted by Gasteiger charge is 2.29. The minimum atomic E-state index is -1.01. The lowest BCUT2D eigenvalue weighted by Crippen LogP contribution is -2.47. The second kappa shape index (κ2) is 9.73. The van der Waals surface area contributed by atoms with Crippen LogP contribution in [0.25, 0.3) is 11.1 Å². The van der Waals surface area contributed by atoms with Crippen molar-refractivity contribution >= 4 is 18.0 Å². The summed E-state index contributed by atoms with van der Waals surface area (Å²) in [5.74, 6) is -1.57. The largest absolute Gasteiger partial charge is 0.481 e. The van der Waals surface area contributed by atoms with Crippen molar-refractivity contribution in [3.05, 3.63) is 72.3 Å². The van der Waals surface area contributed by atoms with E-state index >= 15 is 0 Å². The van der Waals surface area contributed by atoms with Gasteiger partial charge in [-0.05, 0) is 28.7 Å². The number of rotatable bonds is 9. The van der Waals surface area contributed by atoms with Gasteiger partial charge >= 0.3 is 12.1 Å². The molecule has 0 saturated carbocycles. The lowest BCUT2D eigenvalue weighted by atomic mass is 9.98. The molecule has 1 aliphatic rings. The second-order valence-corrected chi connectivity index (χ2v) is 6.98. The predicted molar refractivity (Wildman–Crippen MR) is 112 cm³/mol. The van der Waals surface area contributed by atoms with Crippen LogP contribution in [0.5, 0.6) is 0 Å². The highest BCUT2D eigenvalue weighted by atomic mass is 16.5. The molecule has 2 aromatic rings. The minimum Gasteiger partial charge on any atom is -0.481 e. The van der Waals surface area contributed by atoms with Crippen molar-refractivity contribution in [2.75, 3.05) is 13.2 Å². The third-order valence-electron chi connectivity index (χ3n) is 4.99. The fourth-order valence-corrected chi connectivity index (χ4v) is 3.60. The van der Waals surface area contributed by atoms with Gasteiger partial charge in [-0.25, -0.2) is 4.79 Å². The van der Waals surface area contributed by atoms with Crippen LogP contribution in [-0.4, -0.2) is 42.3 Å². The quantitative estimate of drug-likeness (QED) is 0.553. The monoisotopic (exact) mass is 408 g/mol. The van der Waals surface area contributed by atoms with Crippen LogP contribution in [0.4, 0.5) is 4.79 Å². The lowest BCUT2D eigenvalue weighted by molar-refractivity contribution is -0.137. The van der Waals surface area contributed by atoms with Crippen LogP contribution in [0.3, 0.4) is 0 Å². The average molecular weight is 408 g/mol. The number of carboxylic acids is 1. The normalized spacial score (nSPS) is 12.9. The molecule has 0 aromatic heterocycles. The summed E-state index contributed by atoms with van der Waals surface area (Å²) < 4.78 is 5.45. The van der Waals surface area contributed by atoms with Crippen molar-refractivity contribution in [1.82, 2.24) is 10.6 Å². The Balaban J connectivity index is 1.61. The molecule has 0 bridgehead atoms. The van der Waals surface area contributed by atoms with Crippen LogP contribution >= 0.6 is 0 Å². The third kappa shape index (κ3) is 4.86. The second-order valence-electron chi connectivity index (χ2n) is 6.98. The number of ether oxygens (including phenoxy) is 1. The van der Waals surface area contributed by atoms with Gasteiger partial charge in [-0.15, -0.1) is 6.58 Å². The Morgan fingerprint density at radius 3 is 2.23 bits per heavy atom. The van der Waals surface area contributed by atoms with Gasteiger partial charge in [0, 0.05) is 12.5 Å². The lowest BCUT2D eigenvalue weighted by Gasteiger charge is -2.18. The van der Waals surface area contributed by atoms with E-state index in [4.69, 9.17) is 9.84 Å². The van der Waals surface area contributed by atoms with Crippen molar-refractivity contribution in [3.8, 4) is 11.1 Å². The maximum Gasteiger partial charge on any atom is 0.407 e. The van der Waals surface area contributed by atoms with E-state index in [9.17, 15) is 14.4 Å². The standard InChI is InChI=1S/C23H24N2O5/c1-2-7-20(22(28)24-13-12-21(26)27)25-23(29)30-14-19-17-10-5-3-8-15(17)16-9-4-6-11-18(16)19/h2-6,8-11,19-20H,1,7,12-14H2,(H,24,28)(H,25,29)(H,26,27). The van der Waals surface area contributed by atoms with Gasteiger partial charge in [-0.1, -0.05) is 54.6 Å². The molecule has 0 heterocycles. The Morgan fingerprint density at radius 2 is 1.67 bits per heavy atom. The maximum absolute atomic E-state index is 12.4. The van der Waals surface area contributed by atoms with Crippen molar-refractivity contribution in [2.45, 2.75) is 24.8 Å². The van der Waals surface area contributed by atoms with Crippen LogP contribution in [0.2, 0.25) is 0 Å².